The van der Waals surface area contributed by atoms with Crippen molar-refractivity contribution in [2.75, 3.05) is 25.1 Å². The lowest BCUT2D eigenvalue weighted by Gasteiger charge is -2.37. The molecule has 1 aromatic rings. The number of nitrogens with zero attached hydrogens (tertiary/aromatic N) is 2. The first-order valence-electron chi connectivity index (χ1n) is 6.29. The average molecular weight is 286 g/mol. The third-order valence-electron chi connectivity index (χ3n) is 3.59. The van der Waals surface area contributed by atoms with Gasteiger partial charge in [0, 0.05) is 41.4 Å². The molecule has 1 aromatic heterocycles. The van der Waals surface area contributed by atoms with E-state index in [9.17, 15) is 0 Å². The van der Waals surface area contributed by atoms with Crippen molar-refractivity contribution in [2.24, 2.45) is 5.84 Å². The molecule has 3 N–H and O–H groups in total. The zero-order chi connectivity index (χ0) is 13.1. The third kappa shape index (κ3) is 3.24. The van der Waals surface area contributed by atoms with Gasteiger partial charge in [-0.3, -0.25) is 11.3 Å². The summed E-state index contributed by atoms with van der Waals surface area (Å²) in [5.74, 6) is 8.12. The summed E-state index contributed by atoms with van der Waals surface area (Å²) < 4.78 is 0. The second-order valence-electron chi connectivity index (χ2n) is 4.85. The Balaban J connectivity index is 2.04. The van der Waals surface area contributed by atoms with Gasteiger partial charge in [0.15, 0.2) is 0 Å². The van der Waals surface area contributed by atoms with Gasteiger partial charge in [0.2, 0.25) is 0 Å². The summed E-state index contributed by atoms with van der Waals surface area (Å²) in [7, 11) is 2.19. The largest absolute Gasteiger partial charge is 0.300 e. The molecule has 2 atom stereocenters. The minimum atomic E-state index is 0.285. The van der Waals surface area contributed by atoms with Crippen LogP contribution in [0.4, 0.5) is 0 Å². The average Bonchev–Trinajstić information content (AvgIpc) is 2.66. The van der Waals surface area contributed by atoms with Gasteiger partial charge in [-0.1, -0.05) is 0 Å². The molecular formula is C12H22N4S2. The predicted molar refractivity (Wildman–Crippen MR) is 80.1 cm³/mol. The van der Waals surface area contributed by atoms with Crippen LogP contribution in [0.1, 0.15) is 15.6 Å². The van der Waals surface area contributed by atoms with E-state index < -0.39 is 0 Å². The van der Waals surface area contributed by atoms with Crippen molar-refractivity contribution in [3.63, 3.8) is 0 Å². The Morgan fingerprint density at radius 3 is 2.89 bits per heavy atom. The fourth-order valence-electron chi connectivity index (χ4n) is 2.25. The first-order valence-corrected chi connectivity index (χ1v) is 8.26. The fourth-order valence-corrected chi connectivity index (χ4v) is 4.55. The Morgan fingerprint density at radius 1 is 1.56 bits per heavy atom. The van der Waals surface area contributed by atoms with Crippen molar-refractivity contribution in [1.82, 2.24) is 15.3 Å². The van der Waals surface area contributed by atoms with Gasteiger partial charge in [-0.2, -0.15) is 11.8 Å². The molecular weight excluding hydrogens is 264 g/mol. The van der Waals surface area contributed by atoms with Crippen molar-refractivity contribution in [3.05, 3.63) is 15.6 Å². The molecule has 0 aliphatic carbocycles. The van der Waals surface area contributed by atoms with E-state index in [0.29, 0.717) is 6.04 Å². The third-order valence-corrected chi connectivity index (χ3v) is 5.73. The summed E-state index contributed by atoms with van der Waals surface area (Å²) in [4.78, 5) is 8.34. The second-order valence-corrected chi connectivity index (χ2v) is 7.29. The van der Waals surface area contributed by atoms with Gasteiger partial charge in [-0.25, -0.2) is 4.98 Å². The molecule has 1 aliphatic heterocycles. The number of thioether (sulfide) groups is 1. The van der Waals surface area contributed by atoms with E-state index in [-0.39, 0.29) is 6.04 Å². The minimum absolute atomic E-state index is 0.285. The number of aromatic nitrogens is 1. The molecule has 6 heteroatoms. The molecule has 2 unspecified atom stereocenters. The van der Waals surface area contributed by atoms with Gasteiger partial charge < -0.3 is 4.90 Å². The van der Waals surface area contributed by atoms with Crippen LogP contribution < -0.4 is 11.3 Å². The molecule has 18 heavy (non-hydrogen) atoms. The van der Waals surface area contributed by atoms with Gasteiger partial charge in [-0.15, -0.1) is 11.3 Å². The summed E-state index contributed by atoms with van der Waals surface area (Å²) in [5.41, 5.74) is 4.14. The zero-order valence-corrected chi connectivity index (χ0v) is 12.9. The number of thiazole rings is 1. The minimum Gasteiger partial charge on any atom is -0.300 e. The molecule has 1 saturated heterocycles. The zero-order valence-electron chi connectivity index (χ0n) is 11.3. The Kier molecular flexibility index (Phi) is 5.03. The van der Waals surface area contributed by atoms with Crippen molar-refractivity contribution < 1.29 is 0 Å². The van der Waals surface area contributed by atoms with E-state index in [4.69, 9.17) is 5.84 Å². The quantitative estimate of drug-likeness (QED) is 0.643. The van der Waals surface area contributed by atoms with Crippen molar-refractivity contribution in [3.8, 4) is 0 Å². The highest BCUT2D eigenvalue weighted by Gasteiger charge is 2.28. The summed E-state index contributed by atoms with van der Waals surface area (Å²) in [6.07, 6.45) is 0.922. The molecule has 0 spiro atoms. The van der Waals surface area contributed by atoms with Crippen molar-refractivity contribution in [2.45, 2.75) is 32.4 Å². The number of rotatable bonds is 4. The van der Waals surface area contributed by atoms with Gasteiger partial charge >= 0.3 is 0 Å². The van der Waals surface area contributed by atoms with Gasteiger partial charge in [0.25, 0.3) is 0 Å². The van der Waals surface area contributed by atoms with Crippen LogP contribution in [0, 0.1) is 13.8 Å². The molecule has 0 amide bonds. The smallest absolute Gasteiger partial charge is 0.0947 e. The Bertz CT molecular complexity index is 374. The Hall–Kier alpha value is -0.140. The lowest BCUT2D eigenvalue weighted by atomic mass is 10.1. The number of hydrogen-bond acceptors (Lipinski definition) is 6. The molecule has 1 fully saturated rings. The molecule has 4 nitrogen and oxygen atoms in total. The number of aryl methyl sites for hydroxylation is 2. The van der Waals surface area contributed by atoms with Crippen LogP contribution in [-0.2, 0) is 6.42 Å². The maximum Gasteiger partial charge on any atom is 0.0947 e. The molecule has 2 heterocycles. The van der Waals surface area contributed by atoms with Crippen LogP contribution in [0.2, 0.25) is 0 Å². The Morgan fingerprint density at radius 2 is 2.33 bits per heavy atom. The highest BCUT2D eigenvalue weighted by molar-refractivity contribution is 7.99. The van der Waals surface area contributed by atoms with E-state index in [1.807, 2.05) is 11.8 Å². The van der Waals surface area contributed by atoms with Crippen molar-refractivity contribution in [1.29, 1.82) is 0 Å². The highest BCUT2D eigenvalue weighted by Crippen LogP contribution is 2.22. The Labute approximate surface area is 117 Å². The topological polar surface area (TPSA) is 54.2 Å². The van der Waals surface area contributed by atoms with Crippen LogP contribution in [0.25, 0.3) is 0 Å². The van der Waals surface area contributed by atoms with Crippen LogP contribution in [0.15, 0.2) is 0 Å². The lowest BCUT2D eigenvalue weighted by Crippen LogP contribution is -2.55. The van der Waals surface area contributed by atoms with Crippen LogP contribution >= 0.6 is 23.1 Å². The molecule has 2 rings (SSSR count). The fraction of sp³-hybridized carbons (Fsp3) is 0.750. The number of hydrazine groups is 1. The van der Waals surface area contributed by atoms with Crippen LogP contribution in [0.3, 0.4) is 0 Å². The number of nitrogens with one attached hydrogen (secondary N) is 1. The summed E-state index contributed by atoms with van der Waals surface area (Å²) in [6.45, 7) is 5.34. The first kappa shape index (κ1) is 14.3. The van der Waals surface area contributed by atoms with Crippen molar-refractivity contribution >= 4 is 23.1 Å². The highest BCUT2D eigenvalue weighted by atomic mass is 32.2. The normalized spacial score (nSPS) is 23.2. The first-order chi connectivity index (χ1) is 8.61. The van der Waals surface area contributed by atoms with Crippen LogP contribution in [-0.4, -0.2) is 47.1 Å². The van der Waals surface area contributed by atoms with Gasteiger partial charge in [-0.05, 0) is 20.9 Å². The van der Waals surface area contributed by atoms with E-state index in [2.05, 4.69) is 36.2 Å². The van der Waals surface area contributed by atoms with E-state index in [1.165, 1.54) is 15.6 Å². The number of nitrogens with two attached hydrogens (primary N) is 1. The summed E-state index contributed by atoms with van der Waals surface area (Å²) in [6, 6.07) is 0.783. The SMILES string of the molecule is Cc1nc(CC(NN)C2CSCCN2C)sc1C. The standard InChI is InChI=1S/C12H22N4S2/c1-8-9(2)18-12(14-8)6-10(15-13)11-7-17-5-4-16(11)3/h10-11,15H,4-7,13H2,1-3H3. The number of likely N-dealkylation sites (N-methyl/N-ethyl adjacent to an activating group) is 1. The molecule has 0 bridgehead atoms. The molecule has 102 valence electrons. The maximum absolute atomic E-state index is 5.75. The number of hydrogen-bond donors (Lipinski definition) is 2. The second kappa shape index (κ2) is 6.34. The molecule has 0 saturated carbocycles. The lowest BCUT2D eigenvalue weighted by molar-refractivity contribution is 0.214. The molecule has 1 aliphatic rings. The van der Waals surface area contributed by atoms with Crippen LogP contribution in [0.5, 0.6) is 0 Å². The van der Waals surface area contributed by atoms with E-state index >= 15 is 0 Å². The van der Waals surface area contributed by atoms with Gasteiger partial charge in [0.05, 0.1) is 10.7 Å². The van der Waals surface area contributed by atoms with Gasteiger partial charge in [0.1, 0.15) is 0 Å². The monoisotopic (exact) mass is 286 g/mol. The molecule has 0 aromatic carbocycles. The maximum atomic E-state index is 5.75. The molecule has 0 radical (unpaired) electrons. The summed E-state index contributed by atoms with van der Waals surface area (Å²) in [5, 5.41) is 1.19. The van der Waals surface area contributed by atoms with E-state index in [0.717, 1.165) is 24.4 Å². The predicted octanol–water partition coefficient (Wildman–Crippen LogP) is 1.18. The van der Waals surface area contributed by atoms with E-state index in [1.54, 1.807) is 11.3 Å². The summed E-state index contributed by atoms with van der Waals surface area (Å²) >= 11 is 3.81.